The fourth-order valence-electron chi connectivity index (χ4n) is 7.70. The Morgan fingerprint density at radius 1 is 1.03 bits per heavy atom. The lowest BCUT2D eigenvalue weighted by Gasteiger charge is -2.64. The van der Waals surface area contributed by atoms with E-state index in [1.165, 1.54) is 20.8 Å². The predicted molar refractivity (Wildman–Crippen MR) is 132 cm³/mol. The van der Waals surface area contributed by atoms with Crippen LogP contribution in [0.1, 0.15) is 66.7 Å². The summed E-state index contributed by atoms with van der Waals surface area (Å²) in [4.78, 5) is 62.0. The van der Waals surface area contributed by atoms with E-state index in [0.717, 1.165) is 5.57 Å². The van der Waals surface area contributed by atoms with E-state index in [1.807, 2.05) is 13.0 Å². The molecule has 0 bridgehead atoms. The van der Waals surface area contributed by atoms with E-state index >= 15 is 0 Å². The van der Waals surface area contributed by atoms with Crippen molar-refractivity contribution >= 4 is 45.4 Å². The van der Waals surface area contributed by atoms with Crippen LogP contribution >= 0.6 is 15.9 Å². The number of carbonyl (C=O) groups excluding carboxylic acids is 5. The minimum atomic E-state index is -1.51. The summed E-state index contributed by atoms with van der Waals surface area (Å²) in [6.45, 7) is 7.32. The Kier molecular flexibility index (Phi) is 6.63. The molecular formula is C27H33BrO8. The number of fused-ring (bicyclic) bond motifs is 5. The normalized spacial score (nSPS) is 40.8. The molecule has 196 valence electrons. The Morgan fingerprint density at radius 2 is 1.72 bits per heavy atom. The van der Waals surface area contributed by atoms with Crippen LogP contribution in [0.3, 0.4) is 0 Å². The minimum Gasteiger partial charge on any atom is -0.461 e. The van der Waals surface area contributed by atoms with Crippen molar-refractivity contribution in [3.05, 3.63) is 23.8 Å². The van der Waals surface area contributed by atoms with Crippen molar-refractivity contribution in [1.29, 1.82) is 0 Å². The van der Waals surface area contributed by atoms with Crippen molar-refractivity contribution in [3.8, 4) is 0 Å². The Hall–Kier alpha value is -2.29. The van der Waals surface area contributed by atoms with E-state index in [9.17, 15) is 24.0 Å². The van der Waals surface area contributed by atoms with Crippen LogP contribution in [0.25, 0.3) is 0 Å². The number of halogens is 1. The monoisotopic (exact) mass is 564 g/mol. The summed E-state index contributed by atoms with van der Waals surface area (Å²) in [5.74, 6) is -2.30. The quantitative estimate of drug-likeness (QED) is 0.281. The fraction of sp³-hybridized carbons (Fsp3) is 0.667. The predicted octanol–water partition coefficient (Wildman–Crippen LogP) is 3.79. The molecule has 7 atom stereocenters. The number of esters is 3. The first kappa shape index (κ1) is 26.8. The van der Waals surface area contributed by atoms with Gasteiger partial charge < -0.3 is 14.2 Å². The molecule has 0 radical (unpaired) electrons. The van der Waals surface area contributed by atoms with Crippen LogP contribution < -0.4 is 0 Å². The van der Waals surface area contributed by atoms with Gasteiger partial charge in [-0.2, -0.15) is 0 Å². The number of Topliss-reactive ketones (excluding diaryl/α,β-unsaturated/α-hetero) is 1. The van der Waals surface area contributed by atoms with Crippen LogP contribution in [-0.2, 0) is 38.2 Å². The van der Waals surface area contributed by atoms with Gasteiger partial charge in [-0.25, -0.2) is 0 Å². The van der Waals surface area contributed by atoms with Gasteiger partial charge in [0.1, 0.15) is 6.10 Å². The Bertz CT molecular complexity index is 1090. The molecule has 0 aliphatic heterocycles. The highest BCUT2D eigenvalue weighted by Gasteiger charge is 2.75. The van der Waals surface area contributed by atoms with Gasteiger partial charge in [0.05, 0.1) is 4.32 Å². The van der Waals surface area contributed by atoms with Gasteiger partial charge >= 0.3 is 17.9 Å². The van der Waals surface area contributed by atoms with E-state index < -0.39 is 57.2 Å². The number of ketones is 2. The van der Waals surface area contributed by atoms with Crippen molar-refractivity contribution in [2.24, 2.45) is 22.7 Å². The summed E-state index contributed by atoms with van der Waals surface area (Å²) in [6, 6.07) is 0. The van der Waals surface area contributed by atoms with Crippen LogP contribution in [0.5, 0.6) is 0 Å². The molecule has 8 nitrogen and oxygen atoms in total. The number of allylic oxidation sites excluding steroid dienone is 4. The third kappa shape index (κ3) is 3.72. The van der Waals surface area contributed by atoms with Gasteiger partial charge in [0.15, 0.2) is 18.0 Å². The summed E-state index contributed by atoms with van der Waals surface area (Å²) >= 11 is 4.08. The Labute approximate surface area is 219 Å². The molecule has 0 unspecified atom stereocenters. The van der Waals surface area contributed by atoms with Gasteiger partial charge in [0.25, 0.3) is 0 Å². The van der Waals surface area contributed by atoms with E-state index in [4.69, 9.17) is 14.2 Å². The molecule has 0 N–H and O–H groups in total. The lowest BCUT2D eigenvalue weighted by atomic mass is 9.46. The minimum absolute atomic E-state index is 0.0560. The molecule has 4 aliphatic rings. The third-order valence-electron chi connectivity index (χ3n) is 9.22. The highest BCUT2D eigenvalue weighted by Crippen LogP contribution is 2.72. The van der Waals surface area contributed by atoms with Gasteiger partial charge in [0, 0.05) is 31.6 Å². The molecular weight excluding hydrogens is 532 g/mol. The Balaban J connectivity index is 1.85. The zero-order valence-corrected chi connectivity index (χ0v) is 22.9. The highest BCUT2D eigenvalue weighted by atomic mass is 79.9. The smallest absolute Gasteiger partial charge is 0.303 e. The van der Waals surface area contributed by atoms with Crippen molar-refractivity contribution < 1.29 is 38.2 Å². The molecule has 3 saturated carbocycles. The Morgan fingerprint density at radius 3 is 2.33 bits per heavy atom. The van der Waals surface area contributed by atoms with Crippen molar-refractivity contribution in [2.45, 2.75) is 82.8 Å². The van der Waals surface area contributed by atoms with Crippen molar-refractivity contribution in [2.75, 3.05) is 6.61 Å². The summed E-state index contributed by atoms with van der Waals surface area (Å²) < 4.78 is 16.2. The molecule has 4 aliphatic carbocycles. The molecule has 0 saturated heterocycles. The number of hydrogen-bond acceptors (Lipinski definition) is 8. The number of hydrogen-bond donors (Lipinski definition) is 0. The van der Waals surface area contributed by atoms with Crippen LogP contribution in [0.15, 0.2) is 23.8 Å². The number of rotatable bonds is 5. The molecule has 4 rings (SSSR count). The largest absolute Gasteiger partial charge is 0.461 e. The first-order valence-electron chi connectivity index (χ1n) is 12.4. The first-order valence-corrected chi connectivity index (χ1v) is 13.2. The molecule has 3 fully saturated rings. The maximum absolute atomic E-state index is 13.6. The van der Waals surface area contributed by atoms with E-state index in [-0.39, 0.29) is 30.5 Å². The molecule has 0 spiro atoms. The number of ether oxygens (including phenoxy) is 3. The molecule has 9 heteroatoms. The summed E-state index contributed by atoms with van der Waals surface area (Å²) in [6.07, 6.45) is 7.01. The highest BCUT2D eigenvalue weighted by molar-refractivity contribution is 9.10. The van der Waals surface area contributed by atoms with Gasteiger partial charge in [-0.15, -0.1) is 0 Å². The van der Waals surface area contributed by atoms with E-state index in [1.54, 1.807) is 12.2 Å². The molecule has 0 amide bonds. The second-order valence-electron chi connectivity index (χ2n) is 11.0. The molecule has 0 aromatic heterocycles. The summed E-state index contributed by atoms with van der Waals surface area (Å²) in [5.41, 5.74) is -2.00. The lowest BCUT2D eigenvalue weighted by Crippen LogP contribution is -2.69. The number of alkyl halides is 1. The number of carbonyl (C=O) groups is 5. The fourth-order valence-corrected chi connectivity index (χ4v) is 8.89. The summed E-state index contributed by atoms with van der Waals surface area (Å²) in [5, 5.41) is 0. The first-order chi connectivity index (χ1) is 16.7. The zero-order valence-electron chi connectivity index (χ0n) is 21.4. The van der Waals surface area contributed by atoms with Gasteiger partial charge in [0.2, 0.25) is 5.78 Å². The lowest BCUT2D eigenvalue weighted by molar-refractivity contribution is -0.200. The topological polar surface area (TPSA) is 113 Å². The standard InChI is InChI=1S/C27H33BrO8/c1-15(29)34-14-22(33)26(36-17(3)31)11-9-20-21-7-6-18-12-19(32)8-10-24(18,4)27(21,28)23(35-16(2)30)13-25(20,26)5/h8,10,12,20-21,23H,6-7,9,11,13-14H2,1-5H3/t20-,21-,23-,24+,25+,26-,27-/m1/s1. The average Bonchev–Trinajstić information content (AvgIpc) is 3.05. The second kappa shape index (κ2) is 8.92. The molecule has 0 aromatic rings. The average molecular weight is 565 g/mol. The zero-order chi connectivity index (χ0) is 26.7. The van der Waals surface area contributed by atoms with Gasteiger partial charge in [-0.3, -0.25) is 24.0 Å². The summed E-state index contributed by atoms with van der Waals surface area (Å²) in [7, 11) is 0. The second-order valence-corrected chi connectivity index (χ2v) is 12.3. The molecule has 0 aromatic carbocycles. The van der Waals surface area contributed by atoms with Crippen LogP contribution in [0.4, 0.5) is 0 Å². The maximum Gasteiger partial charge on any atom is 0.303 e. The van der Waals surface area contributed by atoms with Crippen LogP contribution in [-0.4, -0.2) is 52.1 Å². The van der Waals surface area contributed by atoms with Gasteiger partial charge in [-0.05, 0) is 56.1 Å². The van der Waals surface area contributed by atoms with Crippen LogP contribution in [0, 0.1) is 22.7 Å². The molecule has 0 heterocycles. The van der Waals surface area contributed by atoms with E-state index in [2.05, 4.69) is 22.9 Å². The van der Waals surface area contributed by atoms with Crippen molar-refractivity contribution in [1.82, 2.24) is 0 Å². The SMILES string of the molecule is CC(=O)OCC(=O)[C@]1(OC(C)=O)CC[C@@H]2[C@H]3CCC4=CC(=O)C=C[C@]4(C)[C@]3(Br)[C@H](OC(C)=O)C[C@@]21C. The van der Waals surface area contributed by atoms with Gasteiger partial charge in [-0.1, -0.05) is 41.4 Å². The van der Waals surface area contributed by atoms with E-state index in [0.29, 0.717) is 19.3 Å². The third-order valence-corrected chi connectivity index (χ3v) is 11.1. The van der Waals surface area contributed by atoms with Crippen LogP contribution in [0.2, 0.25) is 0 Å². The molecule has 36 heavy (non-hydrogen) atoms. The maximum atomic E-state index is 13.6. The van der Waals surface area contributed by atoms with Crippen molar-refractivity contribution in [3.63, 3.8) is 0 Å².